The Morgan fingerprint density at radius 3 is 2.50 bits per heavy atom. The van der Waals surface area contributed by atoms with Crippen LogP contribution in [0.3, 0.4) is 0 Å². The van der Waals surface area contributed by atoms with Gasteiger partial charge in [-0.15, -0.1) is 0 Å². The Kier molecular flexibility index (Phi) is 8.20. The van der Waals surface area contributed by atoms with Crippen molar-refractivity contribution >= 4 is 84.5 Å². The number of rotatable bonds is 6. The first-order valence-electron chi connectivity index (χ1n) is 7.75. The summed E-state index contributed by atoms with van der Waals surface area (Å²) >= 11 is 7.46. The second kappa shape index (κ2) is 10.2. The number of nitrogens with zero attached hydrogens (tertiary/aromatic N) is 2. The molecule has 10 heteroatoms. The molecule has 0 aromatic heterocycles. The highest BCUT2D eigenvalue weighted by Gasteiger charge is 2.15. The number of hydrogen-bond donors (Lipinski definition) is 1. The fraction of sp³-hybridized carbons (Fsp3) is 0.111. The molecule has 0 atom stereocenters. The normalized spacial score (nSPS) is 10.9. The SMILES string of the molecule is CCOc1c(I)cc(/C=C(\C#N)C(=O)Nc2ccc([N+](=O)[O-])cc2Br)cc1I. The van der Waals surface area contributed by atoms with Gasteiger partial charge in [0.1, 0.15) is 17.4 Å². The Labute approximate surface area is 196 Å². The van der Waals surface area contributed by atoms with Gasteiger partial charge in [-0.3, -0.25) is 14.9 Å². The van der Waals surface area contributed by atoms with Gasteiger partial charge in [0.2, 0.25) is 0 Å². The quantitative estimate of drug-likeness (QED) is 0.144. The summed E-state index contributed by atoms with van der Waals surface area (Å²) in [6.45, 7) is 2.44. The van der Waals surface area contributed by atoms with Crippen molar-refractivity contribution in [3.05, 3.63) is 63.2 Å². The minimum Gasteiger partial charge on any atom is -0.492 e. The minimum absolute atomic E-state index is 0.0963. The van der Waals surface area contributed by atoms with Crippen LogP contribution in [0.15, 0.2) is 40.4 Å². The summed E-state index contributed by atoms with van der Waals surface area (Å²) in [5.41, 5.74) is 0.805. The summed E-state index contributed by atoms with van der Waals surface area (Å²) in [6, 6.07) is 9.48. The molecular weight excluding hydrogens is 656 g/mol. The molecule has 0 aliphatic rings. The molecule has 144 valence electrons. The van der Waals surface area contributed by atoms with E-state index in [0.717, 1.165) is 12.9 Å². The average Bonchev–Trinajstić information content (AvgIpc) is 2.64. The van der Waals surface area contributed by atoms with Crippen molar-refractivity contribution in [3.8, 4) is 11.8 Å². The number of non-ortho nitro benzene ring substituents is 1. The molecule has 0 unspecified atom stereocenters. The summed E-state index contributed by atoms with van der Waals surface area (Å²) in [5, 5.41) is 22.8. The summed E-state index contributed by atoms with van der Waals surface area (Å²) < 4.78 is 7.67. The zero-order valence-electron chi connectivity index (χ0n) is 14.3. The average molecular weight is 668 g/mol. The second-order valence-corrected chi connectivity index (χ2v) is 8.47. The number of hydrogen-bond acceptors (Lipinski definition) is 5. The molecule has 0 spiro atoms. The first kappa shape index (κ1) is 22.6. The van der Waals surface area contributed by atoms with Crippen LogP contribution in [0.1, 0.15) is 12.5 Å². The van der Waals surface area contributed by atoms with Gasteiger partial charge in [0, 0.05) is 16.6 Å². The molecular formula is C18H12BrI2N3O4. The molecule has 0 fully saturated rings. The van der Waals surface area contributed by atoms with Gasteiger partial charge in [0.15, 0.2) is 0 Å². The molecule has 7 nitrogen and oxygen atoms in total. The topological polar surface area (TPSA) is 105 Å². The number of nitro benzene ring substituents is 1. The van der Waals surface area contributed by atoms with Gasteiger partial charge < -0.3 is 10.1 Å². The van der Waals surface area contributed by atoms with E-state index in [2.05, 4.69) is 66.4 Å². The van der Waals surface area contributed by atoms with Gasteiger partial charge in [0.25, 0.3) is 11.6 Å². The Hall–Kier alpha value is -1.72. The van der Waals surface area contributed by atoms with Crippen molar-refractivity contribution in [1.29, 1.82) is 5.26 Å². The fourth-order valence-corrected chi connectivity index (χ4v) is 4.76. The lowest BCUT2D eigenvalue weighted by atomic mass is 10.1. The molecule has 2 rings (SSSR count). The Bertz CT molecular complexity index is 995. The molecule has 1 N–H and O–H groups in total. The van der Waals surface area contributed by atoms with Crippen LogP contribution in [-0.2, 0) is 4.79 Å². The van der Waals surface area contributed by atoms with Gasteiger partial charge in [-0.25, -0.2) is 0 Å². The highest BCUT2D eigenvalue weighted by Crippen LogP contribution is 2.30. The molecule has 1 amide bonds. The highest BCUT2D eigenvalue weighted by molar-refractivity contribution is 14.1. The maximum atomic E-state index is 12.5. The molecule has 0 heterocycles. The third-order valence-corrected chi connectivity index (χ3v) is 5.66. The number of carbonyl (C=O) groups excluding carboxylic acids is 1. The van der Waals surface area contributed by atoms with E-state index in [9.17, 15) is 20.2 Å². The highest BCUT2D eigenvalue weighted by atomic mass is 127. The molecule has 0 bridgehead atoms. The van der Waals surface area contributed by atoms with E-state index < -0.39 is 10.8 Å². The van der Waals surface area contributed by atoms with E-state index in [1.165, 1.54) is 24.3 Å². The van der Waals surface area contributed by atoms with Crippen molar-refractivity contribution in [2.24, 2.45) is 0 Å². The van der Waals surface area contributed by atoms with Crippen LogP contribution < -0.4 is 10.1 Å². The van der Waals surface area contributed by atoms with E-state index in [4.69, 9.17) is 4.74 Å². The summed E-state index contributed by atoms with van der Waals surface area (Å²) in [4.78, 5) is 22.7. The van der Waals surface area contributed by atoms with Crippen molar-refractivity contribution < 1.29 is 14.5 Å². The number of benzene rings is 2. The fourth-order valence-electron chi connectivity index (χ4n) is 2.17. The van der Waals surface area contributed by atoms with Crippen LogP contribution in [-0.4, -0.2) is 17.4 Å². The third kappa shape index (κ3) is 5.65. The van der Waals surface area contributed by atoms with Crippen LogP contribution >= 0.6 is 61.1 Å². The number of ether oxygens (including phenoxy) is 1. The molecule has 0 aliphatic heterocycles. The first-order valence-corrected chi connectivity index (χ1v) is 10.7. The van der Waals surface area contributed by atoms with Crippen LogP contribution in [0.25, 0.3) is 6.08 Å². The Morgan fingerprint density at radius 1 is 1.36 bits per heavy atom. The largest absolute Gasteiger partial charge is 0.492 e. The zero-order valence-corrected chi connectivity index (χ0v) is 20.2. The first-order chi connectivity index (χ1) is 13.3. The number of carbonyl (C=O) groups is 1. The molecule has 28 heavy (non-hydrogen) atoms. The predicted octanol–water partition coefficient (Wildman–Crippen LogP) is 5.51. The van der Waals surface area contributed by atoms with Crippen molar-refractivity contribution in [2.75, 3.05) is 11.9 Å². The van der Waals surface area contributed by atoms with Crippen molar-refractivity contribution in [3.63, 3.8) is 0 Å². The maximum absolute atomic E-state index is 12.5. The van der Waals surface area contributed by atoms with Gasteiger partial charge in [-0.1, -0.05) is 0 Å². The standard InChI is InChI=1S/C18H12BrI2N3O4/c1-2-28-17-14(20)6-10(7-15(17)21)5-11(9-22)18(25)23-16-4-3-12(24(26)27)8-13(16)19/h3-8H,2H2,1H3,(H,23,25)/b11-5+. The summed E-state index contributed by atoms with van der Waals surface area (Å²) in [7, 11) is 0. The number of anilines is 1. The number of nitriles is 1. The molecule has 0 saturated heterocycles. The van der Waals surface area contributed by atoms with Crippen LogP contribution in [0.2, 0.25) is 0 Å². The van der Waals surface area contributed by atoms with Gasteiger partial charge in [-0.2, -0.15) is 5.26 Å². The number of nitro groups is 1. The van der Waals surface area contributed by atoms with E-state index in [-0.39, 0.29) is 11.3 Å². The van der Waals surface area contributed by atoms with Crippen LogP contribution in [0.4, 0.5) is 11.4 Å². The lowest BCUT2D eigenvalue weighted by Crippen LogP contribution is -2.14. The zero-order chi connectivity index (χ0) is 20.8. The number of amides is 1. The second-order valence-electron chi connectivity index (χ2n) is 5.29. The van der Waals surface area contributed by atoms with E-state index >= 15 is 0 Å². The van der Waals surface area contributed by atoms with Crippen LogP contribution in [0, 0.1) is 28.6 Å². The van der Waals surface area contributed by atoms with E-state index in [1.807, 2.05) is 25.1 Å². The smallest absolute Gasteiger partial charge is 0.270 e. The molecule has 0 radical (unpaired) electrons. The predicted molar refractivity (Wildman–Crippen MR) is 126 cm³/mol. The van der Waals surface area contributed by atoms with Crippen LogP contribution in [0.5, 0.6) is 5.75 Å². The maximum Gasteiger partial charge on any atom is 0.270 e. The monoisotopic (exact) mass is 667 g/mol. The molecule has 2 aromatic carbocycles. The Balaban J connectivity index is 2.29. The minimum atomic E-state index is -0.615. The van der Waals surface area contributed by atoms with Gasteiger partial charge in [-0.05, 0) is 97.9 Å². The molecule has 0 aliphatic carbocycles. The lowest BCUT2D eigenvalue weighted by Gasteiger charge is -2.10. The molecule has 2 aromatic rings. The van der Waals surface area contributed by atoms with Crippen molar-refractivity contribution in [1.82, 2.24) is 0 Å². The summed E-state index contributed by atoms with van der Waals surface area (Å²) in [5.74, 6) is 0.148. The lowest BCUT2D eigenvalue weighted by molar-refractivity contribution is -0.384. The van der Waals surface area contributed by atoms with Gasteiger partial charge >= 0.3 is 0 Å². The van der Waals surface area contributed by atoms with Gasteiger partial charge in [0.05, 0.1) is 24.4 Å². The third-order valence-electron chi connectivity index (χ3n) is 3.40. The van der Waals surface area contributed by atoms with Crippen molar-refractivity contribution in [2.45, 2.75) is 6.92 Å². The summed E-state index contributed by atoms with van der Waals surface area (Å²) in [6.07, 6.45) is 1.48. The number of nitrogens with one attached hydrogen (secondary N) is 1. The van der Waals surface area contributed by atoms with E-state index in [0.29, 0.717) is 22.3 Å². The molecule has 0 saturated carbocycles. The Morgan fingerprint density at radius 2 is 2.00 bits per heavy atom. The number of halogens is 3. The van der Waals surface area contributed by atoms with E-state index in [1.54, 1.807) is 0 Å².